The molecule has 3 nitrogen and oxygen atoms in total. The number of nitrogens with one attached hydrogen (secondary N) is 1. The molecule has 0 saturated carbocycles. The summed E-state index contributed by atoms with van der Waals surface area (Å²) in [6.07, 6.45) is 0. The number of benzene rings is 2. The van der Waals surface area contributed by atoms with Crippen LogP contribution in [0.15, 0.2) is 42.5 Å². The smallest absolute Gasteiger partial charge is 0.131 e. The van der Waals surface area contributed by atoms with E-state index in [1.54, 1.807) is 7.11 Å². The van der Waals surface area contributed by atoms with Gasteiger partial charge in [0.1, 0.15) is 17.2 Å². The van der Waals surface area contributed by atoms with E-state index in [0.717, 1.165) is 29.4 Å². The standard InChI is InChI=1S/C18H23NO2/c1-13(2)19-12-15-8-9-18(14(3)10-15)21-17-7-5-6-16(11-17)20-4/h5-11,13,19H,12H2,1-4H3. The van der Waals surface area contributed by atoms with Crippen LogP contribution < -0.4 is 14.8 Å². The Morgan fingerprint density at radius 2 is 1.81 bits per heavy atom. The lowest BCUT2D eigenvalue weighted by atomic mass is 10.1. The fourth-order valence-corrected chi connectivity index (χ4v) is 2.05. The summed E-state index contributed by atoms with van der Waals surface area (Å²) in [7, 11) is 1.65. The van der Waals surface area contributed by atoms with Crippen molar-refractivity contribution in [3.8, 4) is 17.2 Å². The van der Waals surface area contributed by atoms with Crippen LogP contribution in [0, 0.1) is 6.92 Å². The number of hydrogen-bond donors (Lipinski definition) is 1. The summed E-state index contributed by atoms with van der Waals surface area (Å²) in [5.74, 6) is 2.45. The number of aryl methyl sites for hydroxylation is 1. The van der Waals surface area contributed by atoms with E-state index < -0.39 is 0 Å². The summed E-state index contributed by atoms with van der Waals surface area (Å²) in [5.41, 5.74) is 2.39. The number of ether oxygens (including phenoxy) is 2. The van der Waals surface area contributed by atoms with E-state index in [0.29, 0.717) is 6.04 Å². The van der Waals surface area contributed by atoms with Crippen molar-refractivity contribution in [2.45, 2.75) is 33.4 Å². The molecule has 0 saturated heterocycles. The van der Waals surface area contributed by atoms with Crippen LogP contribution >= 0.6 is 0 Å². The Morgan fingerprint density at radius 3 is 2.48 bits per heavy atom. The first-order valence-corrected chi connectivity index (χ1v) is 7.23. The van der Waals surface area contributed by atoms with E-state index in [2.05, 4.69) is 38.2 Å². The van der Waals surface area contributed by atoms with Gasteiger partial charge in [-0.15, -0.1) is 0 Å². The molecule has 2 aromatic carbocycles. The van der Waals surface area contributed by atoms with E-state index in [9.17, 15) is 0 Å². The van der Waals surface area contributed by atoms with Crippen molar-refractivity contribution >= 4 is 0 Å². The summed E-state index contributed by atoms with van der Waals surface area (Å²) >= 11 is 0. The van der Waals surface area contributed by atoms with Gasteiger partial charge >= 0.3 is 0 Å². The maximum absolute atomic E-state index is 5.93. The molecule has 2 aromatic rings. The highest BCUT2D eigenvalue weighted by molar-refractivity contribution is 5.41. The Hall–Kier alpha value is -2.00. The zero-order valence-electron chi connectivity index (χ0n) is 13.1. The van der Waals surface area contributed by atoms with Crippen LogP contribution in [-0.4, -0.2) is 13.2 Å². The van der Waals surface area contributed by atoms with Crippen LogP contribution in [0.2, 0.25) is 0 Å². The molecular weight excluding hydrogens is 262 g/mol. The van der Waals surface area contributed by atoms with Gasteiger partial charge in [-0.3, -0.25) is 0 Å². The normalized spacial score (nSPS) is 10.7. The zero-order valence-corrected chi connectivity index (χ0v) is 13.1. The molecule has 0 aliphatic rings. The molecule has 0 aliphatic heterocycles. The van der Waals surface area contributed by atoms with Crippen molar-refractivity contribution in [1.82, 2.24) is 5.32 Å². The second-order valence-electron chi connectivity index (χ2n) is 5.42. The Morgan fingerprint density at radius 1 is 1.05 bits per heavy atom. The molecule has 0 amide bonds. The van der Waals surface area contributed by atoms with E-state index in [1.165, 1.54) is 5.56 Å². The number of methoxy groups -OCH3 is 1. The van der Waals surface area contributed by atoms with Crippen molar-refractivity contribution in [2.75, 3.05) is 7.11 Å². The first-order chi connectivity index (χ1) is 10.1. The van der Waals surface area contributed by atoms with E-state index in [-0.39, 0.29) is 0 Å². The lowest BCUT2D eigenvalue weighted by Crippen LogP contribution is -2.21. The molecule has 0 aromatic heterocycles. The van der Waals surface area contributed by atoms with Gasteiger partial charge < -0.3 is 14.8 Å². The van der Waals surface area contributed by atoms with Crippen LogP contribution in [0.3, 0.4) is 0 Å². The SMILES string of the molecule is COc1cccc(Oc2ccc(CNC(C)C)cc2C)c1. The number of rotatable bonds is 6. The largest absolute Gasteiger partial charge is 0.497 e. The highest BCUT2D eigenvalue weighted by Gasteiger charge is 2.04. The van der Waals surface area contributed by atoms with Gasteiger partial charge in [-0.25, -0.2) is 0 Å². The molecule has 1 N–H and O–H groups in total. The average molecular weight is 285 g/mol. The van der Waals surface area contributed by atoms with Crippen LogP contribution in [0.25, 0.3) is 0 Å². The fraction of sp³-hybridized carbons (Fsp3) is 0.333. The predicted molar refractivity (Wildman–Crippen MR) is 86.2 cm³/mol. The van der Waals surface area contributed by atoms with Gasteiger partial charge in [0.15, 0.2) is 0 Å². The quantitative estimate of drug-likeness (QED) is 0.858. The molecule has 0 aliphatic carbocycles. The molecule has 0 radical (unpaired) electrons. The molecule has 0 bridgehead atoms. The van der Waals surface area contributed by atoms with Crippen LogP contribution in [0.4, 0.5) is 0 Å². The van der Waals surface area contributed by atoms with E-state index in [4.69, 9.17) is 9.47 Å². The lowest BCUT2D eigenvalue weighted by Gasteiger charge is -2.12. The molecule has 0 unspecified atom stereocenters. The third-order valence-electron chi connectivity index (χ3n) is 3.22. The minimum atomic E-state index is 0.484. The van der Waals surface area contributed by atoms with Gasteiger partial charge in [0.2, 0.25) is 0 Å². The molecule has 3 heteroatoms. The van der Waals surface area contributed by atoms with Crippen molar-refractivity contribution in [3.63, 3.8) is 0 Å². The molecule has 0 spiro atoms. The highest BCUT2D eigenvalue weighted by Crippen LogP contribution is 2.28. The molecular formula is C18H23NO2. The zero-order chi connectivity index (χ0) is 15.2. The predicted octanol–water partition coefficient (Wildman–Crippen LogP) is 4.29. The number of hydrogen-bond acceptors (Lipinski definition) is 3. The Kier molecular flexibility index (Phi) is 5.23. The lowest BCUT2D eigenvalue weighted by molar-refractivity contribution is 0.409. The molecule has 21 heavy (non-hydrogen) atoms. The van der Waals surface area contributed by atoms with Crippen molar-refractivity contribution in [3.05, 3.63) is 53.6 Å². The van der Waals surface area contributed by atoms with Gasteiger partial charge in [0, 0.05) is 18.7 Å². The minimum Gasteiger partial charge on any atom is -0.497 e. The van der Waals surface area contributed by atoms with Gasteiger partial charge in [-0.1, -0.05) is 32.0 Å². The molecule has 112 valence electrons. The average Bonchev–Trinajstić information content (AvgIpc) is 2.48. The maximum Gasteiger partial charge on any atom is 0.131 e. The minimum absolute atomic E-state index is 0.484. The summed E-state index contributed by atoms with van der Waals surface area (Å²) in [6.45, 7) is 7.23. The van der Waals surface area contributed by atoms with Crippen LogP contribution in [-0.2, 0) is 6.54 Å². The molecule has 0 heterocycles. The van der Waals surface area contributed by atoms with Gasteiger partial charge in [0.05, 0.1) is 7.11 Å². The Balaban J connectivity index is 2.09. The van der Waals surface area contributed by atoms with Crippen LogP contribution in [0.5, 0.6) is 17.2 Å². The second-order valence-corrected chi connectivity index (χ2v) is 5.42. The maximum atomic E-state index is 5.93. The van der Waals surface area contributed by atoms with Crippen LogP contribution in [0.1, 0.15) is 25.0 Å². The summed E-state index contributed by atoms with van der Waals surface area (Å²) in [4.78, 5) is 0. The Bertz CT molecular complexity index is 594. The monoisotopic (exact) mass is 285 g/mol. The van der Waals surface area contributed by atoms with Crippen molar-refractivity contribution in [1.29, 1.82) is 0 Å². The first-order valence-electron chi connectivity index (χ1n) is 7.23. The van der Waals surface area contributed by atoms with Crippen molar-refractivity contribution in [2.24, 2.45) is 0 Å². The van der Waals surface area contributed by atoms with Crippen molar-refractivity contribution < 1.29 is 9.47 Å². The third-order valence-corrected chi connectivity index (χ3v) is 3.22. The van der Waals surface area contributed by atoms with E-state index >= 15 is 0 Å². The summed E-state index contributed by atoms with van der Waals surface area (Å²) in [6, 6.07) is 14.4. The summed E-state index contributed by atoms with van der Waals surface area (Å²) in [5, 5.41) is 3.42. The molecule has 2 rings (SSSR count). The second kappa shape index (κ2) is 7.14. The molecule has 0 atom stereocenters. The fourth-order valence-electron chi connectivity index (χ4n) is 2.05. The molecule has 0 fully saturated rings. The first kappa shape index (κ1) is 15.4. The van der Waals surface area contributed by atoms with Gasteiger partial charge in [0.25, 0.3) is 0 Å². The van der Waals surface area contributed by atoms with Gasteiger partial charge in [-0.2, -0.15) is 0 Å². The summed E-state index contributed by atoms with van der Waals surface area (Å²) < 4.78 is 11.1. The topological polar surface area (TPSA) is 30.5 Å². The van der Waals surface area contributed by atoms with E-state index in [1.807, 2.05) is 30.3 Å². The third kappa shape index (κ3) is 4.50. The Labute approximate surface area is 126 Å². The van der Waals surface area contributed by atoms with Gasteiger partial charge in [-0.05, 0) is 36.2 Å². The highest BCUT2D eigenvalue weighted by atomic mass is 16.5.